The van der Waals surface area contributed by atoms with Crippen molar-refractivity contribution in [2.45, 2.75) is 75.7 Å². The highest BCUT2D eigenvalue weighted by atomic mass is 32.2. The lowest BCUT2D eigenvalue weighted by atomic mass is 9.95. The number of carbonyl (C=O) groups is 2. The van der Waals surface area contributed by atoms with Crippen molar-refractivity contribution < 1.29 is 35.6 Å². The zero-order valence-electron chi connectivity index (χ0n) is 24.5. The molecule has 1 atom stereocenters. The van der Waals surface area contributed by atoms with Crippen LogP contribution >= 0.6 is 0 Å². The molecule has 1 aliphatic rings. The van der Waals surface area contributed by atoms with Gasteiger partial charge in [-0.25, -0.2) is 12.8 Å². The molecule has 1 N–H and O–H groups in total. The largest absolute Gasteiger partial charge is 0.416 e. The van der Waals surface area contributed by atoms with Crippen molar-refractivity contribution >= 4 is 27.5 Å². The second kappa shape index (κ2) is 13.8. The highest BCUT2D eigenvalue weighted by Gasteiger charge is 2.36. The first kappa shape index (κ1) is 33.0. The molecule has 1 aliphatic carbocycles. The maximum atomic E-state index is 14.7. The third kappa shape index (κ3) is 7.96. The molecule has 1 saturated carbocycles. The van der Waals surface area contributed by atoms with E-state index in [1.54, 1.807) is 13.0 Å². The van der Waals surface area contributed by atoms with Crippen molar-refractivity contribution in [3.63, 3.8) is 0 Å². The van der Waals surface area contributed by atoms with Crippen LogP contribution in [0.1, 0.15) is 55.7 Å². The van der Waals surface area contributed by atoms with Crippen LogP contribution in [0.25, 0.3) is 0 Å². The number of anilines is 1. The predicted octanol–water partition coefficient (Wildman–Crippen LogP) is 6.21. The first-order valence-corrected chi connectivity index (χ1v) is 15.8. The van der Waals surface area contributed by atoms with Crippen LogP contribution in [0.4, 0.5) is 23.2 Å². The third-order valence-corrected chi connectivity index (χ3v) is 9.55. The summed E-state index contributed by atoms with van der Waals surface area (Å²) in [6, 6.07) is 13.7. The molecule has 44 heavy (non-hydrogen) atoms. The van der Waals surface area contributed by atoms with E-state index in [1.807, 2.05) is 0 Å². The van der Waals surface area contributed by atoms with Gasteiger partial charge in [-0.1, -0.05) is 61.2 Å². The lowest BCUT2D eigenvalue weighted by molar-refractivity contribution is -0.139. The fourth-order valence-electron chi connectivity index (χ4n) is 5.17. The molecule has 236 valence electrons. The quantitative estimate of drug-likeness (QED) is 0.269. The minimum absolute atomic E-state index is 0.0881. The smallest absolute Gasteiger partial charge is 0.352 e. The van der Waals surface area contributed by atoms with Gasteiger partial charge in [-0.3, -0.25) is 13.9 Å². The number of nitrogens with zero attached hydrogens (tertiary/aromatic N) is 2. The molecule has 3 aromatic carbocycles. The van der Waals surface area contributed by atoms with E-state index in [-0.39, 0.29) is 28.7 Å². The molecule has 0 aromatic heterocycles. The van der Waals surface area contributed by atoms with E-state index in [0.717, 1.165) is 60.8 Å². The van der Waals surface area contributed by atoms with Crippen molar-refractivity contribution in [2.75, 3.05) is 10.8 Å². The maximum Gasteiger partial charge on any atom is 0.416 e. The Morgan fingerprint density at radius 2 is 1.61 bits per heavy atom. The van der Waals surface area contributed by atoms with Crippen LogP contribution in [-0.4, -0.2) is 43.8 Å². The second-order valence-electron chi connectivity index (χ2n) is 11.0. The number of benzene rings is 3. The van der Waals surface area contributed by atoms with Crippen LogP contribution in [0.5, 0.6) is 0 Å². The number of halogens is 4. The van der Waals surface area contributed by atoms with Gasteiger partial charge in [-0.15, -0.1) is 0 Å². The molecule has 7 nitrogen and oxygen atoms in total. The molecule has 3 aromatic rings. The Hall–Kier alpha value is -3.93. The molecule has 1 fully saturated rings. The SMILES string of the molecule is Cc1ccc(S(=O)(=O)N(CC(=O)N(Cc2ccccc2F)[C@@H](C)C(=O)NC2CCCCC2)c2cccc(C(F)(F)F)c2)cc1. The van der Waals surface area contributed by atoms with Crippen LogP contribution in [0.3, 0.4) is 0 Å². The highest BCUT2D eigenvalue weighted by Crippen LogP contribution is 2.33. The van der Waals surface area contributed by atoms with E-state index in [0.29, 0.717) is 10.4 Å². The maximum absolute atomic E-state index is 14.7. The Morgan fingerprint density at radius 1 is 0.955 bits per heavy atom. The summed E-state index contributed by atoms with van der Waals surface area (Å²) in [5, 5.41) is 2.94. The molecular weight excluding hydrogens is 598 g/mol. The summed E-state index contributed by atoms with van der Waals surface area (Å²) < 4.78 is 84.0. The van der Waals surface area contributed by atoms with E-state index < -0.39 is 52.0 Å². The number of sulfonamides is 1. The second-order valence-corrected chi connectivity index (χ2v) is 12.9. The van der Waals surface area contributed by atoms with Gasteiger partial charge < -0.3 is 10.2 Å². The lowest BCUT2D eigenvalue weighted by Crippen LogP contribution is -2.53. The molecular formula is C32H35F4N3O4S. The summed E-state index contributed by atoms with van der Waals surface area (Å²) in [4.78, 5) is 28.1. The van der Waals surface area contributed by atoms with Gasteiger partial charge in [-0.05, 0) is 63.1 Å². The Kier molecular flexibility index (Phi) is 10.3. The Morgan fingerprint density at radius 3 is 2.25 bits per heavy atom. The average Bonchev–Trinajstić information content (AvgIpc) is 2.99. The summed E-state index contributed by atoms with van der Waals surface area (Å²) in [6.07, 6.45) is -0.280. The molecule has 4 rings (SSSR count). The molecule has 0 heterocycles. The van der Waals surface area contributed by atoms with Crippen LogP contribution in [0.2, 0.25) is 0 Å². The summed E-state index contributed by atoms with van der Waals surface area (Å²) in [6.45, 7) is 1.89. The van der Waals surface area contributed by atoms with Crippen LogP contribution in [0.15, 0.2) is 77.7 Å². The first-order chi connectivity index (χ1) is 20.8. The number of rotatable bonds is 10. The van der Waals surface area contributed by atoms with Gasteiger partial charge in [0.1, 0.15) is 18.4 Å². The van der Waals surface area contributed by atoms with Crippen LogP contribution in [0, 0.1) is 12.7 Å². The molecule has 0 bridgehead atoms. The topological polar surface area (TPSA) is 86.8 Å². The fourth-order valence-corrected chi connectivity index (χ4v) is 6.57. The molecule has 12 heteroatoms. The first-order valence-electron chi connectivity index (χ1n) is 14.4. The molecule has 0 unspecified atom stereocenters. The van der Waals surface area contributed by atoms with Crippen molar-refractivity contribution in [1.29, 1.82) is 0 Å². The van der Waals surface area contributed by atoms with Crippen molar-refractivity contribution in [3.05, 3.63) is 95.3 Å². The van der Waals surface area contributed by atoms with Gasteiger partial charge in [0.25, 0.3) is 10.0 Å². The van der Waals surface area contributed by atoms with E-state index in [2.05, 4.69) is 5.32 Å². The highest BCUT2D eigenvalue weighted by molar-refractivity contribution is 7.92. The van der Waals surface area contributed by atoms with E-state index in [9.17, 15) is 35.6 Å². The summed E-state index contributed by atoms with van der Waals surface area (Å²) in [5.41, 5.74) is -0.654. The summed E-state index contributed by atoms with van der Waals surface area (Å²) >= 11 is 0. The zero-order chi connectivity index (χ0) is 32.1. The Labute approximate surface area is 254 Å². The lowest BCUT2D eigenvalue weighted by Gasteiger charge is -2.33. The van der Waals surface area contributed by atoms with Crippen LogP contribution < -0.4 is 9.62 Å². The van der Waals surface area contributed by atoms with Gasteiger partial charge in [0, 0.05) is 18.2 Å². The number of alkyl halides is 3. The Balaban J connectivity index is 1.73. The number of amides is 2. The number of hydrogen-bond acceptors (Lipinski definition) is 4. The van der Waals surface area contributed by atoms with Crippen molar-refractivity contribution in [1.82, 2.24) is 10.2 Å². The predicted molar refractivity (Wildman–Crippen MR) is 159 cm³/mol. The van der Waals surface area contributed by atoms with Crippen LogP contribution in [-0.2, 0) is 32.3 Å². The minimum Gasteiger partial charge on any atom is -0.352 e. The number of hydrogen-bond donors (Lipinski definition) is 1. The number of nitrogens with one attached hydrogen (secondary N) is 1. The molecule has 2 amide bonds. The Bertz CT molecular complexity index is 1570. The third-order valence-electron chi connectivity index (χ3n) is 7.77. The summed E-state index contributed by atoms with van der Waals surface area (Å²) in [7, 11) is -4.57. The van der Waals surface area contributed by atoms with Crippen molar-refractivity contribution in [2.24, 2.45) is 0 Å². The zero-order valence-corrected chi connectivity index (χ0v) is 25.3. The standard InChI is InChI=1S/C32H35F4N3O4S/c1-22-15-17-28(18-16-22)44(42,43)39(27-13-8-10-25(19-27)32(34,35)36)21-30(40)38(20-24-9-6-7-14-29(24)33)23(2)31(41)37-26-11-4-3-5-12-26/h6-10,13-19,23,26H,3-5,11-12,20-21H2,1-2H3,(H,37,41)/t23-/m0/s1. The molecule has 0 radical (unpaired) electrons. The van der Waals surface area contributed by atoms with Gasteiger partial charge >= 0.3 is 6.18 Å². The number of carbonyl (C=O) groups excluding carboxylic acids is 2. The molecule has 0 spiro atoms. The van der Waals surface area contributed by atoms with Gasteiger partial charge in [0.2, 0.25) is 11.8 Å². The van der Waals surface area contributed by atoms with Gasteiger partial charge in [-0.2, -0.15) is 13.2 Å². The fraction of sp³-hybridized carbons (Fsp3) is 0.375. The van der Waals surface area contributed by atoms with Crippen molar-refractivity contribution in [3.8, 4) is 0 Å². The van der Waals surface area contributed by atoms with E-state index >= 15 is 0 Å². The van der Waals surface area contributed by atoms with Gasteiger partial charge in [0.15, 0.2) is 0 Å². The summed E-state index contributed by atoms with van der Waals surface area (Å²) in [5.74, 6) is -2.02. The molecule has 0 saturated heterocycles. The number of aryl methyl sites for hydroxylation is 1. The molecule has 0 aliphatic heterocycles. The van der Waals surface area contributed by atoms with E-state index in [4.69, 9.17) is 0 Å². The average molecular weight is 634 g/mol. The minimum atomic E-state index is -4.78. The normalized spacial score (nSPS) is 15.0. The monoisotopic (exact) mass is 633 g/mol. The van der Waals surface area contributed by atoms with E-state index in [1.165, 1.54) is 49.4 Å². The van der Waals surface area contributed by atoms with Gasteiger partial charge in [0.05, 0.1) is 16.1 Å².